The lowest BCUT2D eigenvalue weighted by Gasteiger charge is -2.56. The summed E-state index contributed by atoms with van der Waals surface area (Å²) in [7, 11) is 1.17. The molecule has 0 aromatic carbocycles. The largest absolute Gasteiger partial charge is 0.762 e. The Morgan fingerprint density at radius 3 is 2.01 bits per heavy atom. The molecule has 0 aromatic heterocycles. The number of nitrogens with zero attached hydrogens (tertiary/aromatic N) is 1. The van der Waals surface area contributed by atoms with E-state index >= 15 is 4.79 Å². The minimum Gasteiger partial charge on any atom is -0.762 e. The third-order valence-electron chi connectivity index (χ3n) is 21.8. The summed E-state index contributed by atoms with van der Waals surface area (Å²) in [5, 5.41) is 83.1. The smallest absolute Gasteiger partial charge is 0.407 e. The van der Waals surface area contributed by atoms with Gasteiger partial charge in [-0.2, -0.15) is 0 Å². The fraction of sp³-hybridized carbons (Fsp3) is 0.791. The SMILES string of the molecule is COC(=O)NC1C(C)OC(OC2CC=C(C)C3C=CC4C(OC5CC(OC6CCC(OC7CC(O)C(OC8CCC(O)C(C)O8)C(C)O7)C(C)O6)C(OC(C)=O)C(C)O5)C(C)CC(C)C4C3(C)C(O)=C3C(=O)OC4(CC(CO)=CC(O)C4C=C2C)C3=O)CC1(C)N([O-])O. The van der Waals surface area contributed by atoms with Gasteiger partial charge >= 0.3 is 18.0 Å². The van der Waals surface area contributed by atoms with Crippen LogP contribution in [0.2, 0.25) is 0 Å². The van der Waals surface area contributed by atoms with Crippen molar-refractivity contribution in [1.82, 2.24) is 10.5 Å². The zero-order chi connectivity index (χ0) is 67.5. The van der Waals surface area contributed by atoms with E-state index in [4.69, 9.17) is 61.6 Å². The number of methoxy groups -OCH3 is 1. The van der Waals surface area contributed by atoms with Crippen LogP contribution in [0.3, 0.4) is 0 Å². The molecule has 93 heavy (non-hydrogen) atoms. The van der Waals surface area contributed by atoms with E-state index in [0.717, 1.165) is 5.57 Å². The van der Waals surface area contributed by atoms with E-state index in [9.17, 15) is 50.3 Å². The lowest BCUT2D eigenvalue weighted by Crippen LogP contribution is -2.67. The molecule has 26 nitrogen and oxygen atoms in total. The number of fused-ring (bicyclic) bond motifs is 4. The van der Waals surface area contributed by atoms with Crippen molar-refractivity contribution < 1.29 is 111 Å². The third-order valence-corrected chi connectivity index (χ3v) is 21.8. The highest BCUT2D eigenvalue weighted by atomic mass is 16.8. The van der Waals surface area contributed by atoms with Crippen LogP contribution in [0.1, 0.15) is 147 Å². The van der Waals surface area contributed by atoms with Gasteiger partial charge in [0.25, 0.3) is 0 Å². The van der Waals surface area contributed by atoms with Crippen molar-refractivity contribution in [3.05, 3.63) is 63.6 Å². The topological polar surface area (TPSA) is 348 Å². The normalized spacial score (nSPS) is 46.4. The predicted molar refractivity (Wildman–Crippen MR) is 326 cm³/mol. The van der Waals surface area contributed by atoms with Crippen molar-refractivity contribution in [3.8, 4) is 0 Å². The van der Waals surface area contributed by atoms with Crippen LogP contribution in [0.4, 0.5) is 4.79 Å². The van der Waals surface area contributed by atoms with E-state index in [2.05, 4.69) is 25.2 Å². The highest BCUT2D eigenvalue weighted by Gasteiger charge is 2.65. The number of Topliss-reactive ketones (excluding diaryl/α,β-unsaturated/α-hetero) is 1. The molecule has 0 aromatic rings. The summed E-state index contributed by atoms with van der Waals surface area (Å²) in [5.74, 6) is -6.18. The molecule has 29 atom stereocenters. The van der Waals surface area contributed by atoms with Crippen molar-refractivity contribution in [2.24, 2.45) is 40.9 Å². The number of hydrogen-bond donors (Lipinski definition) is 7. The van der Waals surface area contributed by atoms with Gasteiger partial charge in [-0.1, -0.05) is 56.7 Å². The average Bonchev–Trinajstić information content (AvgIpc) is 1.68. The summed E-state index contributed by atoms with van der Waals surface area (Å²) < 4.78 is 81.7. The number of amides is 1. The zero-order valence-corrected chi connectivity index (χ0v) is 55.7. The maximum Gasteiger partial charge on any atom is 0.407 e. The predicted octanol–water partition coefficient (Wildman–Crippen LogP) is 6.07. The molecule has 1 spiro atoms. The molecule has 4 aliphatic carbocycles. The highest BCUT2D eigenvalue weighted by Crippen LogP contribution is 2.61. The standard InChI is InChI=1S/C67H99N2O24/c1-30-14-18-47(88-54-28-65(11,69(79)80)60(38(9)86-54)68-64(78)81-13)31(2)23-43-45(73)24-40(29-70)27-67(43)62(76)55(63(77)93-67)61(75)66(12)42(30)16-15-41-56(66)32(3)22-33(4)57(41)92-53-26-49(59(37(8)85-53)87-39(10)71)90-50-21-19-48(35(6)83-50)89-52-25-46(74)58(36(7)84-52)91-51-20-17-44(72)34(5)82-51/h14-16,23-24,32-38,41-54,56-60,70,72-75,79H,17-22,25-29H2,1-13H3,(H,68,78)/q-1. The number of ether oxygens (including phenoxy) is 13. The van der Waals surface area contributed by atoms with Gasteiger partial charge in [0.1, 0.15) is 23.5 Å². The van der Waals surface area contributed by atoms with Crippen LogP contribution in [-0.4, -0.2) is 208 Å². The van der Waals surface area contributed by atoms with Crippen molar-refractivity contribution >= 4 is 23.8 Å². The minimum absolute atomic E-state index is 0.115. The first-order chi connectivity index (χ1) is 43.9. The Labute approximate surface area is 543 Å². The number of esters is 2. The molecule has 2 bridgehead atoms. The van der Waals surface area contributed by atoms with E-state index in [1.165, 1.54) is 27.0 Å². The third kappa shape index (κ3) is 14.2. The summed E-state index contributed by atoms with van der Waals surface area (Å²) >= 11 is 0. The van der Waals surface area contributed by atoms with Crippen LogP contribution in [0.15, 0.2) is 58.4 Å². The first-order valence-corrected chi connectivity index (χ1v) is 33.2. The Hall–Kier alpha value is -4.30. The second kappa shape index (κ2) is 28.6. The number of hydrogen-bond acceptors (Lipinski definition) is 25. The van der Waals surface area contributed by atoms with Gasteiger partial charge in [-0.15, -0.1) is 0 Å². The van der Waals surface area contributed by atoms with Crippen LogP contribution < -0.4 is 5.32 Å². The number of allylic oxidation sites excluding steroid dienone is 3. The Balaban J connectivity index is 0.903. The molecule has 7 N–H and O–H groups in total. The van der Waals surface area contributed by atoms with Crippen LogP contribution in [0.5, 0.6) is 0 Å². The molecule has 29 unspecified atom stereocenters. The van der Waals surface area contributed by atoms with E-state index in [-0.39, 0.29) is 54.7 Å². The fourth-order valence-electron chi connectivity index (χ4n) is 17.0. The number of ketones is 1. The van der Waals surface area contributed by atoms with Gasteiger partial charge < -0.3 is 103 Å². The Bertz CT molecular complexity index is 2870. The zero-order valence-electron chi connectivity index (χ0n) is 55.7. The van der Waals surface area contributed by atoms with Gasteiger partial charge in [-0.05, 0) is 110 Å². The fourth-order valence-corrected chi connectivity index (χ4v) is 17.0. The van der Waals surface area contributed by atoms with Gasteiger partial charge in [-0.3, -0.25) is 14.8 Å². The number of aliphatic hydroxyl groups is 5. The van der Waals surface area contributed by atoms with Crippen molar-refractivity contribution in [3.63, 3.8) is 0 Å². The number of aliphatic hydroxyl groups excluding tert-OH is 5. The number of hydroxylamine groups is 2. The van der Waals surface area contributed by atoms with Crippen molar-refractivity contribution in [2.75, 3.05) is 13.7 Å². The molecule has 6 heterocycles. The second-order valence-electron chi connectivity index (χ2n) is 28.4. The summed E-state index contributed by atoms with van der Waals surface area (Å²) in [5.41, 5.74) is -4.34. The molecule has 1 saturated carbocycles. The number of carbonyl (C=O) groups excluding carboxylic acids is 4. The van der Waals surface area contributed by atoms with E-state index in [1.54, 1.807) is 33.8 Å². The second-order valence-corrected chi connectivity index (χ2v) is 28.4. The van der Waals surface area contributed by atoms with Crippen molar-refractivity contribution in [1.29, 1.82) is 0 Å². The number of carbonyl (C=O) groups is 4. The van der Waals surface area contributed by atoms with Gasteiger partial charge in [0, 0.05) is 62.7 Å². The summed E-state index contributed by atoms with van der Waals surface area (Å²) in [6.07, 6.45) is -3.83. The van der Waals surface area contributed by atoms with Gasteiger partial charge in [0.2, 0.25) is 5.78 Å². The molecular weight excluding hydrogens is 1220 g/mol. The monoisotopic (exact) mass is 1320 g/mol. The van der Waals surface area contributed by atoms with Crippen molar-refractivity contribution in [2.45, 2.75) is 281 Å². The molecule has 1 amide bonds. The molecule has 26 heteroatoms. The number of rotatable bonds is 14. The maximum absolute atomic E-state index is 15.6. The average molecular weight is 1320 g/mol. The molecule has 522 valence electrons. The van der Waals surface area contributed by atoms with Crippen LogP contribution >= 0.6 is 0 Å². The van der Waals surface area contributed by atoms with E-state index < -0.39 is 205 Å². The van der Waals surface area contributed by atoms with Gasteiger partial charge in [0.05, 0.1) is 98.4 Å². The minimum atomic E-state index is -2.12. The van der Waals surface area contributed by atoms with E-state index in [0.29, 0.717) is 37.7 Å². The molecule has 6 aliphatic heterocycles. The number of alkyl carbamates (subject to hydrolysis) is 1. The Morgan fingerprint density at radius 2 is 1.35 bits per heavy atom. The Morgan fingerprint density at radius 1 is 0.720 bits per heavy atom. The number of nitrogens with one attached hydrogen (secondary N) is 1. The highest BCUT2D eigenvalue weighted by molar-refractivity contribution is 6.26. The molecule has 6 saturated heterocycles. The van der Waals surface area contributed by atoms with Crippen LogP contribution in [-0.2, 0) is 76.0 Å². The quantitative estimate of drug-likeness (QED) is 0.0341. The maximum atomic E-state index is 15.6. The van der Waals surface area contributed by atoms with E-state index in [1.807, 2.05) is 39.8 Å². The molecule has 10 rings (SSSR count). The van der Waals surface area contributed by atoms with Crippen LogP contribution in [0, 0.1) is 46.1 Å². The lowest BCUT2D eigenvalue weighted by molar-refractivity contribution is -0.331. The Kier molecular flexibility index (Phi) is 22.0. The first-order valence-electron chi connectivity index (χ1n) is 33.2. The molecule has 0 radical (unpaired) electrons. The van der Waals surface area contributed by atoms with Gasteiger partial charge in [0.15, 0.2) is 43.2 Å². The molecule has 7 fully saturated rings. The summed E-state index contributed by atoms with van der Waals surface area (Å²) in [6, 6.07) is -1.05. The van der Waals surface area contributed by atoms with Gasteiger partial charge in [-0.25, -0.2) is 9.59 Å². The van der Waals surface area contributed by atoms with Crippen LogP contribution in [0.25, 0.3) is 0 Å². The molecular formula is C67H99N2O24-. The first kappa shape index (κ1) is 71.5. The summed E-state index contributed by atoms with van der Waals surface area (Å²) in [6.45, 7) is 20.7. The summed E-state index contributed by atoms with van der Waals surface area (Å²) in [4.78, 5) is 55.6. The molecule has 10 aliphatic rings. The lowest BCUT2D eigenvalue weighted by atomic mass is 9.49.